The van der Waals surface area contributed by atoms with Gasteiger partial charge in [-0.2, -0.15) is 5.48 Å². The molecule has 0 aliphatic rings. The van der Waals surface area contributed by atoms with E-state index in [1.165, 1.54) is 7.11 Å². The summed E-state index contributed by atoms with van der Waals surface area (Å²) >= 11 is 0. The third-order valence-corrected chi connectivity index (χ3v) is 1.81. The average Bonchev–Trinajstić information content (AvgIpc) is 2.31. The molecular formula is C11H15NO4. The van der Waals surface area contributed by atoms with Crippen LogP contribution in [0.5, 0.6) is 5.75 Å². The Kier molecular flexibility index (Phi) is 5.15. The quantitative estimate of drug-likeness (QED) is 0.777. The number of hydrogen-bond donors (Lipinski definition) is 1. The molecule has 1 amide bonds. The first kappa shape index (κ1) is 12.3. The van der Waals surface area contributed by atoms with Crippen LogP contribution in [0.1, 0.15) is 12.5 Å². The third-order valence-electron chi connectivity index (χ3n) is 1.81. The van der Waals surface area contributed by atoms with Crippen LogP contribution < -0.4 is 10.2 Å². The van der Waals surface area contributed by atoms with E-state index in [9.17, 15) is 4.79 Å². The highest BCUT2D eigenvalue weighted by Crippen LogP contribution is 2.12. The van der Waals surface area contributed by atoms with E-state index in [-0.39, 0.29) is 6.61 Å². The molecule has 1 aromatic rings. The molecule has 0 heterocycles. The van der Waals surface area contributed by atoms with Crippen LogP contribution in [0.15, 0.2) is 24.3 Å². The SMILES string of the molecule is CCOc1ccc(CONC(=O)OC)cc1. The Morgan fingerprint density at radius 3 is 2.56 bits per heavy atom. The zero-order chi connectivity index (χ0) is 11.8. The van der Waals surface area contributed by atoms with E-state index in [1.807, 2.05) is 31.2 Å². The lowest BCUT2D eigenvalue weighted by atomic mass is 10.2. The van der Waals surface area contributed by atoms with E-state index >= 15 is 0 Å². The van der Waals surface area contributed by atoms with Crippen LogP contribution in [0.4, 0.5) is 4.79 Å². The molecule has 1 aromatic carbocycles. The number of hydroxylamine groups is 1. The Labute approximate surface area is 94.3 Å². The lowest BCUT2D eigenvalue weighted by Crippen LogP contribution is -2.22. The van der Waals surface area contributed by atoms with E-state index in [0.717, 1.165) is 11.3 Å². The first-order valence-corrected chi connectivity index (χ1v) is 4.93. The number of rotatable bonds is 5. The second-order valence-corrected chi connectivity index (χ2v) is 2.96. The van der Waals surface area contributed by atoms with E-state index in [4.69, 9.17) is 9.57 Å². The smallest absolute Gasteiger partial charge is 0.431 e. The van der Waals surface area contributed by atoms with Gasteiger partial charge in [0.15, 0.2) is 0 Å². The Bertz CT molecular complexity index is 323. The van der Waals surface area contributed by atoms with E-state index in [0.29, 0.717) is 6.61 Å². The van der Waals surface area contributed by atoms with Crippen LogP contribution in [0.25, 0.3) is 0 Å². The molecule has 5 heteroatoms. The first-order chi connectivity index (χ1) is 7.76. The highest BCUT2D eigenvalue weighted by molar-refractivity contribution is 5.65. The molecule has 0 bridgehead atoms. The van der Waals surface area contributed by atoms with E-state index in [2.05, 4.69) is 10.2 Å². The molecule has 1 N–H and O–H groups in total. The van der Waals surface area contributed by atoms with Crippen LogP contribution in [-0.2, 0) is 16.2 Å². The molecule has 88 valence electrons. The molecule has 0 atom stereocenters. The van der Waals surface area contributed by atoms with E-state index < -0.39 is 6.09 Å². The maximum atomic E-state index is 10.7. The minimum Gasteiger partial charge on any atom is -0.494 e. The van der Waals surface area contributed by atoms with Crippen LogP contribution >= 0.6 is 0 Å². The highest BCUT2D eigenvalue weighted by atomic mass is 16.7. The molecule has 0 radical (unpaired) electrons. The van der Waals surface area contributed by atoms with Crippen molar-refractivity contribution in [2.24, 2.45) is 0 Å². The van der Waals surface area contributed by atoms with Crippen molar-refractivity contribution in [2.75, 3.05) is 13.7 Å². The summed E-state index contributed by atoms with van der Waals surface area (Å²) in [4.78, 5) is 15.6. The van der Waals surface area contributed by atoms with Crippen molar-refractivity contribution in [2.45, 2.75) is 13.5 Å². The van der Waals surface area contributed by atoms with Crippen LogP contribution in [0.2, 0.25) is 0 Å². The summed E-state index contributed by atoms with van der Waals surface area (Å²) in [7, 11) is 1.27. The number of hydrogen-bond acceptors (Lipinski definition) is 4. The molecule has 0 aromatic heterocycles. The molecule has 1 rings (SSSR count). The summed E-state index contributed by atoms with van der Waals surface area (Å²) < 4.78 is 9.63. The van der Waals surface area contributed by atoms with Crippen LogP contribution in [0, 0.1) is 0 Å². The molecule has 0 spiro atoms. The lowest BCUT2D eigenvalue weighted by molar-refractivity contribution is 0.0250. The van der Waals surface area contributed by atoms with Gasteiger partial charge in [-0.1, -0.05) is 12.1 Å². The molecular weight excluding hydrogens is 210 g/mol. The van der Waals surface area contributed by atoms with Gasteiger partial charge in [0.2, 0.25) is 0 Å². The minimum absolute atomic E-state index is 0.279. The third kappa shape index (κ3) is 4.18. The molecule has 0 aliphatic heterocycles. The summed E-state index contributed by atoms with van der Waals surface area (Å²) in [6.07, 6.45) is -0.620. The predicted molar refractivity (Wildman–Crippen MR) is 57.9 cm³/mol. The second-order valence-electron chi connectivity index (χ2n) is 2.96. The van der Waals surface area contributed by atoms with Crippen LogP contribution in [-0.4, -0.2) is 19.8 Å². The summed E-state index contributed by atoms with van der Waals surface area (Å²) in [6.45, 7) is 2.85. The zero-order valence-electron chi connectivity index (χ0n) is 9.36. The van der Waals surface area contributed by atoms with Gasteiger partial charge in [0.25, 0.3) is 0 Å². The molecule has 5 nitrogen and oxygen atoms in total. The van der Waals surface area contributed by atoms with Gasteiger partial charge in [0.05, 0.1) is 20.3 Å². The second kappa shape index (κ2) is 6.68. The number of methoxy groups -OCH3 is 1. The van der Waals surface area contributed by atoms with Gasteiger partial charge in [-0.3, -0.25) is 4.84 Å². The van der Waals surface area contributed by atoms with Crippen molar-refractivity contribution < 1.29 is 19.1 Å². The van der Waals surface area contributed by atoms with Gasteiger partial charge < -0.3 is 9.47 Å². The van der Waals surface area contributed by atoms with E-state index in [1.54, 1.807) is 0 Å². The van der Waals surface area contributed by atoms with Gasteiger partial charge in [-0.15, -0.1) is 0 Å². The number of amides is 1. The van der Waals surface area contributed by atoms with Crippen molar-refractivity contribution in [3.05, 3.63) is 29.8 Å². The van der Waals surface area contributed by atoms with Crippen molar-refractivity contribution >= 4 is 6.09 Å². The van der Waals surface area contributed by atoms with Gasteiger partial charge >= 0.3 is 6.09 Å². The van der Waals surface area contributed by atoms with Gasteiger partial charge in [0.1, 0.15) is 5.75 Å². The largest absolute Gasteiger partial charge is 0.494 e. The molecule has 0 saturated heterocycles. The Hall–Kier alpha value is -1.75. The summed E-state index contributed by atoms with van der Waals surface area (Å²) in [5.41, 5.74) is 3.06. The molecule has 0 unspecified atom stereocenters. The van der Waals surface area contributed by atoms with Gasteiger partial charge in [-0.05, 0) is 24.6 Å². The molecule has 0 fully saturated rings. The maximum Gasteiger partial charge on any atom is 0.431 e. The first-order valence-electron chi connectivity index (χ1n) is 4.93. The summed E-state index contributed by atoms with van der Waals surface area (Å²) in [5.74, 6) is 0.812. The molecule has 0 saturated carbocycles. The fraction of sp³-hybridized carbons (Fsp3) is 0.364. The van der Waals surface area contributed by atoms with Gasteiger partial charge in [-0.25, -0.2) is 4.79 Å². The van der Waals surface area contributed by atoms with Crippen molar-refractivity contribution in [1.29, 1.82) is 0 Å². The van der Waals surface area contributed by atoms with Crippen molar-refractivity contribution in [3.63, 3.8) is 0 Å². The normalized spacial score (nSPS) is 9.62. The standard InChI is InChI=1S/C11H15NO4/c1-3-15-10-6-4-9(5-7-10)8-16-12-11(13)14-2/h4-7H,3,8H2,1-2H3,(H,12,13). The molecule has 16 heavy (non-hydrogen) atoms. The number of carbonyl (C=O) groups excluding carboxylic acids is 1. The summed E-state index contributed by atoms with van der Waals surface area (Å²) in [6, 6.07) is 7.43. The fourth-order valence-corrected chi connectivity index (χ4v) is 1.07. The van der Waals surface area contributed by atoms with Crippen molar-refractivity contribution in [1.82, 2.24) is 5.48 Å². The average molecular weight is 225 g/mol. The van der Waals surface area contributed by atoms with Gasteiger partial charge in [0, 0.05) is 0 Å². The number of carbonyl (C=O) groups is 1. The Morgan fingerprint density at radius 2 is 2.00 bits per heavy atom. The highest BCUT2D eigenvalue weighted by Gasteiger charge is 1.99. The minimum atomic E-state index is -0.620. The number of benzene rings is 1. The Morgan fingerprint density at radius 1 is 1.31 bits per heavy atom. The summed E-state index contributed by atoms with van der Waals surface area (Å²) in [5, 5.41) is 0. The Balaban J connectivity index is 2.34. The maximum absolute atomic E-state index is 10.7. The fourth-order valence-electron chi connectivity index (χ4n) is 1.07. The van der Waals surface area contributed by atoms with Crippen LogP contribution in [0.3, 0.4) is 0 Å². The number of nitrogens with one attached hydrogen (secondary N) is 1. The number of ether oxygens (including phenoxy) is 2. The predicted octanol–water partition coefficient (Wildman–Crippen LogP) is 1.87. The lowest BCUT2D eigenvalue weighted by Gasteiger charge is -2.06. The topological polar surface area (TPSA) is 56.8 Å². The van der Waals surface area contributed by atoms with Crippen molar-refractivity contribution in [3.8, 4) is 5.75 Å². The monoisotopic (exact) mass is 225 g/mol. The molecule has 0 aliphatic carbocycles. The zero-order valence-corrected chi connectivity index (χ0v) is 9.36.